The van der Waals surface area contributed by atoms with Crippen LogP contribution in [0.2, 0.25) is 0 Å². The minimum Gasteiger partial charge on any atom is -0.383 e. The third-order valence-electron chi connectivity index (χ3n) is 3.57. The molecule has 1 fully saturated rings. The maximum atomic E-state index is 5.94. The predicted octanol–water partition coefficient (Wildman–Crippen LogP) is 3.38. The molecule has 19 heavy (non-hydrogen) atoms. The van der Waals surface area contributed by atoms with Gasteiger partial charge in [0.2, 0.25) is 0 Å². The molecule has 0 aliphatic carbocycles. The fourth-order valence-corrected chi connectivity index (χ4v) is 2.66. The van der Waals surface area contributed by atoms with Gasteiger partial charge in [0.25, 0.3) is 0 Å². The molecule has 0 radical (unpaired) electrons. The van der Waals surface area contributed by atoms with Crippen molar-refractivity contribution in [1.29, 1.82) is 0 Å². The normalized spacial score (nSPS) is 27.2. The number of para-hydroxylation sites is 1. The number of hydrogen-bond donors (Lipinski definition) is 1. The summed E-state index contributed by atoms with van der Waals surface area (Å²) < 4.78 is 11.7. The van der Waals surface area contributed by atoms with Gasteiger partial charge in [-0.25, -0.2) is 0 Å². The van der Waals surface area contributed by atoms with Gasteiger partial charge in [0.15, 0.2) is 0 Å². The van der Waals surface area contributed by atoms with Gasteiger partial charge in [0.05, 0.1) is 24.9 Å². The lowest BCUT2D eigenvalue weighted by Gasteiger charge is -2.32. The minimum absolute atomic E-state index is 0.318. The van der Waals surface area contributed by atoms with Crippen molar-refractivity contribution < 1.29 is 9.47 Å². The second kappa shape index (κ2) is 6.92. The van der Waals surface area contributed by atoms with Crippen LogP contribution in [0.4, 0.5) is 5.69 Å². The molecule has 1 aromatic rings. The van der Waals surface area contributed by atoms with E-state index in [1.807, 2.05) is 0 Å². The highest BCUT2D eigenvalue weighted by Gasteiger charge is 2.24. The lowest BCUT2D eigenvalue weighted by molar-refractivity contribution is -0.0998. The second-order valence-electron chi connectivity index (χ2n) is 5.46. The summed E-state index contributed by atoms with van der Waals surface area (Å²) in [7, 11) is 0. The molecule has 1 heterocycles. The first-order chi connectivity index (χ1) is 9.15. The summed E-state index contributed by atoms with van der Waals surface area (Å²) in [6.07, 6.45) is 3.00. The highest BCUT2D eigenvalue weighted by molar-refractivity contribution is 5.50. The Hall–Kier alpha value is -1.06. The summed E-state index contributed by atoms with van der Waals surface area (Å²) >= 11 is 0. The summed E-state index contributed by atoms with van der Waals surface area (Å²) in [4.78, 5) is 0. The highest BCUT2D eigenvalue weighted by atomic mass is 16.5. The molecule has 2 atom stereocenters. The van der Waals surface area contributed by atoms with Gasteiger partial charge in [0, 0.05) is 12.2 Å². The van der Waals surface area contributed by atoms with E-state index in [1.165, 1.54) is 11.3 Å². The maximum absolute atomic E-state index is 5.94. The van der Waals surface area contributed by atoms with Crippen LogP contribution in [-0.2, 0) is 9.47 Å². The molecule has 106 valence electrons. The number of anilines is 1. The first-order valence-corrected chi connectivity index (χ1v) is 7.21. The third kappa shape index (κ3) is 4.51. The number of rotatable bonds is 5. The Balaban J connectivity index is 1.68. The number of benzene rings is 1. The molecule has 2 unspecified atom stereocenters. The van der Waals surface area contributed by atoms with Gasteiger partial charge in [-0.15, -0.1) is 0 Å². The molecular formula is C16H25NO2. The average Bonchev–Trinajstić information content (AvgIpc) is 2.35. The number of nitrogens with one attached hydrogen (secondary N) is 1. The Kier molecular flexibility index (Phi) is 5.23. The number of hydrogen-bond acceptors (Lipinski definition) is 3. The first-order valence-electron chi connectivity index (χ1n) is 7.21. The van der Waals surface area contributed by atoms with E-state index >= 15 is 0 Å². The van der Waals surface area contributed by atoms with Crippen LogP contribution in [0.25, 0.3) is 0 Å². The van der Waals surface area contributed by atoms with Crippen LogP contribution in [0.15, 0.2) is 24.3 Å². The van der Waals surface area contributed by atoms with Crippen LogP contribution < -0.4 is 5.32 Å². The van der Waals surface area contributed by atoms with E-state index in [9.17, 15) is 0 Å². The van der Waals surface area contributed by atoms with E-state index in [-0.39, 0.29) is 0 Å². The van der Waals surface area contributed by atoms with Crippen molar-refractivity contribution in [2.75, 3.05) is 18.5 Å². The zero-order chi connectivity index (χ0) is 13.7. The third-order valence-corrected chi connectivity index (χ3v) is 3.57. The Morgan fingerprint density at radius 1 is 1.21 bits per heavy atom. The van der Waals surface area contributed by atoms with Gasteiger partial charge >= 0.3 is 0 Å². The molecule has 1 aromatic carbocycles. The molecule has 0 bridgehead atoms. The molecule has 3 nitrogen and oxygen atoms in total. The van der Waals surface area contributed by atoms with Crippen molar-refractivity contribution in [3.8, 4) is 0 Å². The summed E-state index contributed by atoms with van der Waals surface area (Å²) in [6, 6.07) is 8.33. The predicted molar refractivity (Wildman–Crippen MR) is 78.7 cm³/mol. The van der Waals surface area contributed by atoms with Crippen molar-refractivity contribution in [1.82, 2.24) is 0 Å². The first kappa shape index (κ1) is 14.4. The highest BCUT2D eigenvalue weighted by Crippen LogP contribution is 2.21. The van der Waals surface area contributed by atoms with Crippen molar-refractivity contribution in [2.24, 2.45) is 0 Å². The molecule has 1 saturated heterocycles. The Bertz CT molecular complexity index is 384. The zero-order valence-electron chi connectivity index (χ0n) is 12.2. The Morgan fingerprint density at radius 3 is 2.58 bits per heavy atom. The fourth-order valence-electron chi connectivity index (χ4n) is 2.66. The van der Waals surface area contributed by atoms with Crippen LogP contribution in [-0.4, -0.2) is 31.5 Å². The van der Waals surface area contributed by atoms with Gasteiger partial charge in [0.1, 0.15) is 0 Å². The maximum Gasteiger partial charge on any atom is 0.0642 e. The van der Waals surface area contributed by atoms with Crippen molar-refractivity contribution in [3.05, 3.63) is 29.8 Å². The van der Waals surface area contributed by atoms with Crippen molar-refractivity contribution in [2.45, 2.75) is 51.9 Å². The number of ether oxygens (including phenoxy) is 2. The summed E-state index contributed by atoms with van der Waals surface area (Å²) in [5, 5.41) is 3.42. The zero-order valence-corrected chi connectivity index (χ0v) is 12.2. The van der Waals surface area contributed by atoms with Gasteiger partial charge in [-0.05, 0) is 45.2 Å². The SMILES string of the molecule is Cc1ccccc1NCCOC1CC(C)OC(C)C1. The lowest BCUT2D eigenvalue weighted by Crippen LogP contribution is -2.34. The Morgan fingerprint density at radius 2 is 1.89 bits per heavy atom. The Labute approximate surface area is 116 Å². The van der Waals surface area contributed by atoms with Gasteiger partial charge in [-0.3, -0.25) is 0 Å². The minimum atomic E-state index is 0.318. The largest absolute Gasteiger partial charge is 0.383 e. The molecule has 0 spiro atoms. The van der Waals surface area contributed by atoms with Crippen LogP contribution in [0.5, 0.6) is 0 Å². The van der Waals surface area contributed by atoms with Crippen LogP contribution in [0.1, 0.15) is 32.3 Å². The summed E-state index contributed by atoms with van der Waals surface area (Å²) in [5.74, 6) is 0. The lowest BCUT2D eigenvalue weighted by atomic mass is 10.0. The van der Waals surface area contributed by atoms with E-state index < -0.39 is 0 Å². The van der Waals surface area contributed by atoms with E-state index in [2.05, 4.69) is 50.4 Å². The number of aryl methyl sites for hydroxylation is 1. The average molecular weight is 263 g/mol. The molecular weight excluding hydrogens is 238 g/mol. The molecule has 2 rings (SSSR count). The fraction of sp³-hybridized carbons (Fsp3) is 0.625. The molecule has 0 amide bonds. The van der Waals surface area contributed by atoms with Crippen molar-refractivity contribution in [3.63, 3.8) is 0 Å². The smallest absolute Gasteiger partial charge is 0.0642 e. The van der Waals surface area contributed by atoms with E-state index in [4.69, 9.17) is 9.47 Å². The van der Waals surface area contributed by atoms with Crippen LogP contribution in [0, 0.1) is 6.92 Å². The van der Waals surface area contributed by atoms with Crippen molar-refractivity contribution >= 4 is 5.69 Å². The molecule has 1 aliphatic rings. The molecule has 1 N–H and O–H groups in total. The van der Waals surface area contributed by atoms with Crippen LogP contribution >= 0.6 is 0 Å². The quantitative estimate of drug-likeness (QED) is 0.826. The van der Waals surface area contributed by atoms with Crippen LogP contribution in [0.3, 0.4) is 0 Å². The van der Waals surface area contributed by atoms with E-state index in [0.29, 0.717) is 18.3 Å². The summed E-state index contributed by atoms with van der Waals surface area (Å²) in [6.45, 7) is 7.96. The second-order valence-corrected chi connectivity index (χ2v) is 5.46. The van der Waals surface area contributed by atoms with E-state index in [0.717, 1.165) is 26.0 Å². The molecule has 0 aromatic heterocycles. The standard InChI is InChI=1S/C16H25NO2/c1-12-6-4-5-7-16(12)17-8-9-18-15-10-13(2)19-14(3)11-15/h4-7,13-15,17H,8-11H2,1-3H3. The van der Waals surface area contributed by atoms with Gasteiger partial charge < -0.3 is 14.8 Å². The topological polar surface area (TPSA) is 30.5 Å². The molecule has 0 saturated carbocycles. The molecule has 1 aliphatic heterocycles. The van der Waals surface area contributed by atoms with E-state index in [1.54, 1.807) is 0 Å². The molecule has 3 heteroatoms. The summed E-state index contributed by atoms with van der Waals surface area (Å²) in [5.41, 5.74) is 2.47. The van der Waals surface area contributed by atoms with Gasteiger partial charge in [-0.2, -0.15) is 0 Å². The van der Waals surface area contributed by atoms with Gasteiger partial charge in [-0.1, -0.05) is 18.2 Å². The monoisotopic (exact) mass is 263 g/mol.